The number of para-hydroxylation sites is 3. The van der Waals surface area contributed by atoms with E-state index in [-0.39, 0.29) is 0 Å². The molecule has 2 heteroatoms. The lowest BCUT2D eigenvalue weighted by molar-refractivity contribution is -0.633. The molecular formula is C28H25N2+. The molecular weight excluding hydrogens is 364 g/mol. The van der Waals surface area contributed by atoms with Gasteiger partial charge in [0.1, 0.15) is 5.69 Å². The highest BCUT2D eigenvalue weighted by Crippen LogP contribution is 2.34. The summed E-state index contributed by atoms with van der Waals surface area (Å²) in [6, 6.07) is 32.6. The van der Waals surface area contributed by atoms with Crippen molar-refractivity contribution in [3.05, 3.63) is 108 Å². The summed E-state index contributed by atoms with van der Waals surface area (Å²) in [7, 11) is 2.07. The number of aryl methyl sites for hydroxylation is 3. The first kappa shape index (κ1) is 15.2. The van der Waals surface area contributed by atoms with Crippen LogP contribution in [0.4, 0.5) is 0 Å². The monoisotopic (exact) mass is 392 g/mol. The van der Waals surface area contributed by atoms with Crippen LogP contribution in [-0.2, 0) is 7.05 Å². The van der Waals surface area contributed by atoms with E-state index in [1.807, 2.05) is 25.1 Å². The summed E-state index contributed by atoms with van der Waals surface area (Å²) in [6.45, 7) is -0.145. The van der Waals surface area contributed by atoms with Crippen LogP contribution >= 0.6 is 0 Å². The van der Waals surface area contributed by atoms with E-state index in [0.29, 0.717) is 5.56 Å². The van der Waals surface area contributed by atoms with E-state index >= 15 is 0 Å². The highest BCUT2D eigenvalue weighted by molar-refractivity contribution is 5.83. The quantitative estimate of drug-likeness (QED) is 0.314. The molecule has 2 nitrogen and oxygen atoms in total. The molecule has 4 aromatic carbocycles. The van der Waals surface area contributed by atoms with E-state index < -0.39 is 6.85 Å². The minimum absolute atomic E-state index is 0.360. The molecule has 0 N–H and O–H groups in total. The van der Waals surface area contributed by atoms with Gasteiger partial charge in [0, 0.05) is 9.68 Å². The third kappa shape index (κ3) is 2.93. The van der Waals surface area contributed by atoms with Gasteiger partial charge in [0.15, 0.2) is 11.0 Å². The summed E-state index contributed by atoms with van der Waals surface area (Å²) in [5.41, 5.74) is 7.86. The Bertz CT molecular complexity index is 1460. The van der Waals surface area contributed by atoms with Crippen molar-refractivity contribution in [1.82, 2.24) is 4.57 Å². The molecule has 0 aliphatic rings. The largest absolute Gasteiger partial charge is 0.295 e. The number of rotatable bonds is 3. The third-order valence-electron chi connectivity index (χ3n) is 5.71. The summed E-state index contributed by atoms with van der Waals surface area (Å²) in [6.07, 6.45) is 0. The first-order chi connectivity index (χ1) is 15.9. The fourth-order valence-electron chi connectivity index (χ4n) is 4.31. The van der Waals surface area contributed by atoms with E-state index in [9.17, 15) is 0 Å². The molecule has 5 rings (SSSR count). The van der Waals surface area contributed by atoms with Crippen LogP contribution in [0, 0.1) is 13.8 Å². The molecule has 0 fully saturated rings. The summed E-state index contributed by atoms with van der Waals surface area (Å²) < 4.78 is 27.9. The summed E-state index contributed by atoms with van der Waals surface area (Å²) in [5.74, 6) is 1.01. The van der Waals surface area contributed by atoms with Gasteiger partial charge in [-0.25, -0.2) is 4.57 Å². The van der Waals surface area contributed by atoms with Crippen LogP contribution in [0.1, 0.15) is 15.2 Å². The highest BCUT2D eigenvalue weighted by atomic mass is 15.2. The van der Waals surface area contributed by atoms with Crippen molar-refractivity contribution in [3.63, 3.8) is 0 Å². The second-order valence-corrected chi connectivity index (χ2v) is 7.62. The molecule has 1 aromatic heterocycles. The number of imidazole rings is 1. The first-order valence-electron chi connectivity index (χ1n) is 11.6. The summed E-state index contributed by atoms with van der Waals surface area (Å²) in [5, 5.41) is 0. The van der Waals surface area contributed by atoms with Gasteiger partial charge < -0.3 is 0 Å². The third-order valence-corrected chi connectivity index (χ3v) is 5.71. The standard InChI is InChI=1S/C28H25N2/c1-20-17-18-23(21(2)19-20)28-29(3)26-15-9-10-16-27(26)30(28)25-14-8-7-13-24(25)22-11-5-4-6-12-22/h4-19H,1-3H3/q+1/i1D3. The molecule has 146 valence electrons. The number of hydrogen-bond donors (Lipinski definition) is 0. The molecule has 0 aliphatic heterocycles. The van der Waals surface area contributed by atoms with Crippen LogP contribution in [0.3, 0.4) is 0 Å². The summed E-state index contributed by atoms with van der Waals surface area (Å²) in [4.78, 5) is 0. The Morgan fingerprint density at radius 3 is 2.30 bits per heavy atom. The van der Waals surface area contributed by atoms with Gasteiger partial charge >= 0.3 is 0 Å². The predicted molar refractivity (Wildman–Crippen MR) is 125 cm³/mol. The van der Waals surface area contributed by atoms with Crippen molar-refractivity contribution in [3.8, 4) is 28.2 Å². The van der Waals surface area contributed by atoms with Gasteiger partial charge in [-0.15, -0.1) is 0 Å². The Kier molecular flexibility index (Phi) is 3.71. The molecule has 0 atom stereocenters. The molecule has 0 radical (unpaired) electrons. The molecule has 0 spiro atoms. The second kappa shape index (κ2) is 7.31. The average molecular weight is 393 g/mol. The zero-order chi connectivity index (χ0) is 23.2. The van der Waals surface area contributed by atoms with Gasteiger partial charge in [-0.1, -0.05) is 78.4 Å². The van der Waals surface area contributed by atoms with Crippen LogP contribution in [0.2, 0.25) is 0 Å². The number of hydrogen-bond acceptors (Lipinski definition) is 0. The minimum atomic E-state index is -2.13. The Morgan fingerprint density at radius 2 is 1.50 bits per heavy atom. The van der Waals surface area contributed by atoms with Crippen LogP contribution in [-0.4, -0.2) is 4.57 Å². The normalized spacial score (nSPS) is 13.1. The Labute approximate surface area is 181 Å². The van der Waals surface area contributed by atoms with E-state index in [0.717, 1.165) is 44.8 Å². The summed E-state index contributed by atoms with van der Waals surface area (Å²) >= 11 is 0. The smallest absolute Gasteiger partial charge is 0.225 e. The van der Waals surface area contributed by atoms with E-state index in [1.54, 1.807) is 12.1 Å². The highest BCUT2D eigenvalue weighted by Gasteiger charge is 2.28. The van der Waals surface area contributed by atoms with E-state index in [2.05, 4.69) is 82.9 Å². The molecule has 0 saturated carbocycles. The Morgan fingerprint density at radius 1 is 0.767 bits per heavy atom. The minimum Gasteiger partial charge on any atom is -0.225 e. The molecule has 0 aliphatic carbocycles. The average Bonchev–Trinajstić information content (AvgIpc) is 3.11. The Balaban J connectivity index is 1.84. The van der Waals surface area contributed by atoms with Crippen LogP contribution in [0.25, 0.3) is 39.2 Å². The molecule has 0 amide bonds. The van der Waals surface area contributed by atoms with Gasteiger partial charge in [0.05, 0.1) is 12.6 Å². The number of nitrogens with zero attached hydrogens (tertiary/aromatic N) is 2. The fourth-order valence-corrected chi connectivity index (χ4v) is 4.31. The van der Waals surface area contributed by atoms with Crippen molar-refractivity contribution < 1.29 is 8.68 Å². The molecule has 0 bridgehead atoms. The van der Waals surface area contributed by atoms with Crippen LogP contribution in [0.15, 0.2) is 97.1 Å². The number of benzene rings is 4. The van der Waals surface area contributed by atoms with Gasteiger partial charge in [0.25, 0.3) is 5.82 Å². The van der Waals surface area contributed by atoms with Crippen LogP contribution < -0.4 is 4.57 Å². The SMILES string of the molecule is [2H]C([2H])([2H])c1ccc(-c2n(-c3ccccc3-c3ccccc3)c3ccccc3[n+]2C)c(C)c1. The number of fused-ring (bicyclic) bond motifs is 1. The van der Waals surface area contributed by atoms with Gasteiger partial charge in [0.2, 0.25) is 0 Å². The maximum atomic E-state index is 7.80. The first-order valence-corrected chi connectivity index (χ1v) is 10.1. The lowest BCUT2D eigenvalue weighted by Gasteiger charge is -2.11. The Hall–Kier alpha value is -3.65. The molecule has 0 unspecified atom stereocenters. The molecule has 30 heavy (non-hydrogen) atoms. The zero-order valence-electron chi connectivity index (χ0n) is 20.1. The van der Waals surface area contributed by atoms with Crippen LogP contribution in [0.5, 0.6) is 0 Å². The van der Waals surface area contributed by atoms with Gasteiger partial charge in [-0.3, -0.25) is 0 Å². The van der Waals surface area contributed by atoms with Crippen molar-refractivity contribution in [2.24, 2.45) is 7.05 Å². The lowest BCUT2D eigenvalue weighted by atomic mass is 10.0. The topological polar surface area (TPSA) is 8.81 Å². The van der Waals surface area contributed by atoms with Crippen molar-refractivity contribution >= 4 is 11.0 Å². The van der Waals surface area contributed by atoms with Crippen molar-refractivity contribution in [2.75, 3.05) is 0 Å². The maximum absolute atomic E-state index is 7.80. The van der Waals surface area contributed by atoms with E-state index in [1.165, 1.54) is 0 Å². The van der Waals surface area contributed by atoms with Crippen molar-refractivity contribution in [2.45, 2.75) is 13.8 Å². The van der Waals surface area contributed by atoms with Gasteiger partial charge in [-0.05, 0) is 49.2 Å². The second-order valence-electron chi connectivity index (χ2n) is 7.62. The number of aromatic nitrogens is 2. The lowest BCUT2D eigenvalue weighted by Crippen LogP contribution is -2.30. The molecule has 1 heterocycles. The van der Waals surface area contributed by atoms with Gasteiger partial charge in [-0.2, -0.15) is 4.57 Å². The van der Waals surface area contributed by atoms with Crippen molar-refractivity contribution in [1.29, 1.82) is 0 Å². The molecule has 5 aromatic rings. The maximum Gasteiger partial charge on any atom is 0.295 e. The predicted octanol–water partition coefficient (Wildman–Crippen LogP) is 6.41. The fraction of sp³-hybridized carbons (Fsp3) is 0.107. The molecule has 0 saturated heterocycles. The zero-order valence-corrected chi connectivity index (χ0v) is 17.1. The van der Waals surface area contributed by atoms with E-state index in [4.69, 9.17) is 4.11 Å².